The minimum Gasteiger partial charge on any atom is -0.325 e. The standard InChI is InChI=1S/C30H30N4O3S/c1-3-4-10-24-14-13-23(18-31)29(32-24)38-20-28(36)33(19-22-8-6-5-7-9-22)26-17-27(35)34(30(26)37)25-15-11-21(2)12-16-25/h5-9,11-16,26H,3-4,10,17,19-20H2,1-2H3. The minimum atomic E-state index is -0.906. The number of nitriles is 1. The molecule has 3 amide bonds. The fourth-order valence-corrected chi connectivity index (χ4v) is 5.24. The van der Waals surface area contributed by atoms with E-state index in [1.165, 1.54) is 21.6 Å². The van der Waals surface area contributed by atoms with Crippen molar-refractivity contribution in [2.75, 3.05) is 10.7 Å². The molecule has 1 fully saturated rings. The van der Waals surface area contributed by atoms with Gasteiger partial charge in [-0.05, 0) is 49.6 Å². The molecule has 3 aromatic rings. The molecule has 0 radical (unpaired) electrons. The molecule has 0 aliphatic carbocycles. The number of benzene rings is 2. The summed E-state index contributed by atoms with van der Waals surface area (Å²) in [5.41, 5.74) is 3.67. The largest absolute Gasteiger partial charge is 0.325 e. The average molecular weight is 527 g/mol. The molecule has 7 nitrogen and oxygen atoms in total. The number of carbonyl (C=O) groups is 3. The highest BCUT2D eigenvalue weighted by molar-refractivity contribution is 8.00. The van der Waals surface area contributed by atoms with Crippen molar-refractivity contribution < 1.29 is 14.4 Å². The summed E-state index contributed by atoms with van der Waals surface area (Å²) >= 11 is 1.19. The van der Waals surface area contributed by atoms with Gasteiger partial charge in [0.25, 0.3) is 5.91 Å². The third kappa shape index (κ3) is 6.29. The van der Waals surface area contributed by atoms with Crippen molar-refractivity contribution in [1.29, 1.82) is 5.26 Å². The molecule has 1 unspecified atom stereocenters. The van der Waals surface area contributed by atoms with Crippen LogP contribution in [0.4, 0.5) is 5.69 Å². The Kier molecular flexibility index (Phi) is 8.93. The van der Waals surface area contributed by atoms with Gasteiger partial charge in [-0.15, -0.1) is 0 Å². The van der Waals surface area contributed by atoms with Crippen LogP contribution in [0.2, 0.25) is 0 Å². The summed E-state index contributed by atoms with van der Waals surface area (Å²) < 4.78 is 0. The van der Waals surface area contributed by atoms with Crippen LogP contribution < -0.4 is 4.90 Å². The Bertz CT molecular complexity index is 1350. The molecule has 1 atom stereocenters. The first kappa shape index (κ1) is 27.1. The Morgan fingerprint density at radius 3 is 2.53 bits per heavy atom. The molecular formula is C30H30N4O3S. The number of aromatic nitrogens is 1. The lowest BCUT2D eigenvalue weighted by Crippen LogP contribution is -2.45. The summed E-state index contributed by atoms with van der Waals surface area (Å²) in [6, 6.07) is 21.4. The zero-order valence-electron chi connectivity index (χ0n) is 21.6. The normalized spacial score (nSPS) is 15.0. The second-order valence-corrected chi connectivity index (χ2v) is 10.3. The summed E-state index contributed by atoms with van der Waals surface area (Å²) in [4.78, 5) is 47.4. The van der Waals surface area contributed by atoms with Crippen molar-refractivity contribution in [3.05, 3.63) is 89.1 Å². The number of aryl methyl sites for hydroxylation is 2. The lowest BCUT2D eigenvalue weighted by atomic mass is 10.1. The van der Waals surface area contributed by atoms with E-state index in [9.17, 15) is 19.6 Å². The summed E-state index contributed by atoms with van der Waals surface area (Å²) in [7, 11) is 0. The average Bonchev–Trinajstić information content (AvgIpc) is 3.23. The Hall–Kier alpha value is -3.96. The molecule has 194 valence electrons. The van der Waals surface area contributed by atoms with E-state index in [4.69, 9.17) is 0 Å². The number of anilines is 1. The van der Waals surface area contributed by atoms with Gasteiger partial charge in [-0.2, -0.15) is 5.26 Å². The van der Waals surface area contributed by atoms with Gasteiger partial charge >= 0.3 is 0 Å². The fourth-order valence-electron chi connectivity index (χ4n) is 4.36. The van der Waals surface area contributed by atoms with Gasteiger partial charge in [0.2, 0.25) is 11.8 Å². The number of thioether (sulfide) groups is 1. The van der Waals surface area contributed by atoms with Crippen LogP contribution in [0.15, 0.2) is 71.8 Å². The minimum absolute atomic E-state index is 0.00571. The van der Waals surface area contributed by atoms with Crippen LogP contribution in [0.1, 0.15) is 48.6 Å². The highest BCUT2D eigenvalue weighted by atomic mass is 32.2. The smallest absolute Gasteiger partial charge is 0.257 e. The monoisotopic (exact) mass is 526 g/mol. The van der Waals surface area contributed by atoms with Crippen LogP contribution in [0.25, 0.3) is 0 Å². The van der Waals surface area contributed by atoms with Gasteiger partial charge in [-0.3, -0.25) is 14.4 Å². The molecule has 0 bridgehead atoms. The molecule has 4 rings (SSSR count). The SMILES string of the molecule is CCCCc1ccc(C#N)c(SCC(=O)N(Cc2ccccc2)C2CC(=O)N(c3ccc(C)cc3)C2=O)n1. The number of hydrogen-bond acceptors (Lipinski definition) is 6. The van der Waals surface area contributed by atoms with Crippen molar-refractivity contribution in [1.82, 2.24) is 9.88 Å². The Labute approximate surface area is 227 Å². The van der Waals surface area contributed by atoms with Crippen molar-refractivity contribution in [3.8, 4) is 6.07 Å². The zero-order valence-corrected chi connectivity index (χ0v) is 22.4. The summed E-state index contributed by atoms with van der Waals surface area (Å²) in [6.07, 6.45) is 2.74. The second-order valence-electron chi connectivity index (χ2n) is 9.29. The highest BCUT2D eigenvalue weighted by Crippen LogP contribution is 2.29. The summed E-state index contributed by atoms with van der Waals surface area (Å²) in [5, 5.41) is 10.1. The quantitative estimate of drug-likeness (QED) is 0.271. The molecule has 0 saturated carbocycles. The topological polar surface area (TPSA) is 94.4 Å². The van der Waals surface area contributed by atoms with Gasteiger partial charge < -0.3 is 4.90 Å². The van der Waals surface area contributed by atoms with Gasteiger partial charge in [-0.25, -0.2) is 9.88 Å². The fraction of sp³-hybridized carbons (Fsp3) is 0.300. The number of amides is 3. The van der Waals surface area contributed by atoms with Crippen molar-refractivity contribution in [2.24, 2.45) is 0 Å². The molecule has 2 aromatic carbocycles. The number of unbranched alkanes of at least 4 members (excludes halogenated alkanes) is 1. The number of carbonyl (C=O) groups excluding carboxylic acids is 3. The van der Waals surface area contributed by atoms with E-state index in [0.717, 1.165) is 36.1 Å². The van der Waals surface area contributed by atoms with Crippen molar-refractivity contribution in [3.63, 3.8) is 0 Å². The second kappa shape index (κ2) is 12.5. The molecule has 0 spiro atoms. The van der Waals surface area contributed by atoms with E-state index >= 15 is 0 Å². The molecular weight excluding hydrogens is 496 g/mol. The summed E-state index contributed by atoms with van der Waals surface area (Å²) in [6.45, 7) is 4.24. The third-order valence-electron chi connectivity index (χ3n) is 6.46. The molecule has 1 aromatic heterocycles. The van der Waals surface area contributed by atoms with Gasteiger partial charge in [0, 0.05) is 12.2 Å². The number of rotatable bonds is 10. The van der Waals surface area contributed by atoms with E-state index in [0.29, 0.717) is 16.3 Å². The molecule has 1 aliphatic rings. The van der Waals surface area contributed by atoms with E-state index in [1.807, 2.05) is 55.5 Å². The zero-order chi connectivity index (χ0) is 27.1. The molecule has 2 heterocycles. The van der Waals surface area contributed by atoms with Crippen molar-refractivity contribution >= 4 is 35.2 Å². The van der Waals surface area contributed by atoms with Crippen LogP contribution in [-0.2, 0) is 27.3 Å². The maximum atomic E-state index is 13.6. The van der Waals surface area contributed by atoms with E-state index < -0.39 is 11.9 Å². The maximum Gasteiger partial charge on any atom is 0.257 e. The van der Waals surface area contributed by atoms with E-state index in [-0.39, 0.29) is 30.5 Å². The first-order valence-electron chi connectivity index (χ1n) is 12.7. The van der Waals surface area contributed by atoms with Crippen LogP contribution in [-0.4, -0.2) is 39.4 Å². The van der Waals surface area contributed by atoms with Gasteiger partial charge in [0.15, 0.2) is 0 Å². The molecule has 1 saturated heterocycles. The van der Waals surface area contributed by atoms with Gasteiger partial charge in [-0.1, -0.05) is 73.1 Å². The molecule has 38 heavy (non-hydrogen) atoms. The number of pyridine rings is 1. The molecule has 1 aliphatic heterocycles. The van der Waals surface area contributed by atoms with E-state index in [1.54, 1.807) is 18.2 Å². The van der Waals surface area contributed by atoms with Crippen LogP contribution in [0.3, 0.4) is 0 Å². The lowest BCUT2D eigenvalue weighted by Gasteiger charge is -2.28. The van der Waals surface area contributed by atoms with Crippen LogP contribution >= 0.6 is 11.8 Å². The van der Waals surface area contributed by atoms with Crippen molar-refractivity contribution in [2.45, 2.75) is 57.1 Å². The number of imide groups is 1. The van der Waals surface area contributed by atoms with Crippen LogP contribution in [0.5, 0.6) is 0 Å². The summed E-state index contributed by atoms with van der Waals surface area (Å²) in [5.74, 6) is -1.04. The number of hydrogen-bond donors (Lipinski definition) is 0. The Morgan fingerprint density at radius 2 is 1.84 bits per heavy atom. The van der Waals surface area contributed by atoms with Gasteiger partial charge in [0.05, 0.1) is 23.4 Å². The Balaban J connectivity index is 1.57. The molecule has 8 heteroatoms. The first-order chi connectivity index (χ1) is 18.4. The third-order valence-corrected chi connectivity index (χ3v) is 7.44. The van der Waals surface area contributed by atoms with Gasteiger partial charge in [0.1, 0.15) is 17.1 Å². The molecule has 0 N–H and O–H groups in total. The van der Waals surface area contributed by atoms with Crippen LogP contribution in [0, 0.1) is 18.3 Å². The first-order valence-corrected chi connectivity index (χ1v) is 13.7. The predicted molar refractivity (Wildman–Crippen MR) is 147 cm³/mol. The predicted octanol–water partition coefficient (Wildman–Crippen LogP) is 5.06. The number of nitrogens with zero attached hydrogens (tertiary/aromatic N) is 4. The maximum absolute atomic E-state index is 13.6. The highest BCUT2D eigenvalue weighted by Gasteiger charge is 2.44. The lowest BCUT2D eigenvalue weighted by molar-refractivity contribution is -0.136. The Morgan fingerprint density at radius 1 is 1.11 bits per heavy atom. The van der Waals surface area contributed by atoms with E-state index in [2.05, 4.69) is 18.0 Å².